The highest BCUT2D eigenvalue weighted by Gasteiger charge is 2.17. The Kier molecular flexibility index (Phi) is 5.93. The minimum atomic E-state index is -0.318. The number of carbonyl (C=O) groups excluding carboxylic acids is 2. The molecule has 0 unspecified atom stereocenters. The molecule has 1 heterocycles. The van der Waals surface area contributed by atoms with E-state index in [1.165, 1.54) is 0 Å². The normalized spacial score (nSPS) is 15.7. The van der Waals surface area contributed by atoms with Crippen molar-refractivity contribution < 1.29 is 14.3 Å². The van der Waals surface area contributed by atoms with Crippen LogP contribution in [0.5, 0.6) is 0 Å². The molecular weight excluding hydrogens is 196 g/mol. The topological polar surface area (TPSA) is 81.4 Å². The van der Waals surface area contributed by atoms with Crippen LogP contribution in [0.4, 0.5) is 0 Å². The Bertz CT molecular complexity index is 207. The number of nitrogens with one attached hydrogen (secondary N) is 1. The molecule has 1 aliphatic heterocycles. The third-order valence-corrected chi connectivity index (χ3v) is 1.76. The van der Waals surface area contributed by atoms with Crippen LogP contribution in [0.2, 0.25) is 0 Å². The van der Waals surface area contributed by atoms with Gasteiger partial charge in [-0.3, -0.25) is 9.59 Å². The SMILES string of the molecule is CC(C)(C)OC=O.NC(=O)CC1CNC1. The van der Waals surface area contributed by atoms with Crippen molar-refractivity contribution in [2.45, 2.75) is 32.8 Å². The van der Waals surface area contributed by atoms with E-state index in [0.717, 1.165) is 13.1 Å². The zero-order valence-corrected chi connectivity index (χ0v) is 9.58. The summed E-state index contributed by atoms with van der Waals surface area (Å²) in [4.78, 5) is 19.8. The molecule has 0 radical (unpaired) electrons. The van der Waals surface area contributed by atoms with E-state index in [2.05, 4.69) is 10.1 Å². The largest absolute Gasteiger partial charge is 0.462 e. The van der Waals surface area contributed by atoms with Gasteiger partial charge in [0.2, 0.25) is 5.91 Å². The summed E-state index contributed by atoms with van der Waals surface area (Å²) >= 11 is 0. The molecule has 0 bridgehead atoms. The van der Waals surface area contributed by atoms with Crippen molar-refractivity contribution in [1.29, 1.82) is 0 Å². The Morgan fingerprint density at radius 2 is 2.07 bits per heavy atom. The summed E-state index contributed by atoms with van der Waals surface area (Å²) in [6.45, 7) is 7.84. The van der Waals surface area contributed by atoms with E-state index >= 15 is 0 Å². The molecule has 0 aromatic carbocycles. The smallest absolute Gasteiger partial charge is 0.293 e. The van der Waals surface area contributed by atoms with Crippen LogP contribution < -0.4 is 11.1 Å². The van der Waals surface area contributed by atoms with Crippen molar-refractivity contribution in [3.63, 3.8) is 0 Å². The van der Waals surface area contributed by atoms with Gasteiger partial charge in [-0.15, -0.1) is 0 Å². The third kappa shape index (κ3) is 9.21. The molecule has 0 aromatic rings. The van der Waals surface area contributed by atoms with Gasteiger partial charge < -0.3 is 15.8 Å². The summed E-state index contributed by atoms with van der Waals surface area (Å²) in [5, 5.41) is 3.06. The van der Waals surface area contributed by atoms with E-state index in [1.807, 2.05) is 20.8 Å². The van der Waals surface area contributed by atoms with E-state index in [-0.39, 0.29) is 11.5 Å². The van der Waals surface area contributed by atoms with Gasteiger partial charge in [0.15, 0.2) is 0 Å². The summed E-state index contributed by atoms with van der Waals surface area (Å²) < 4.78 is 4.55. The van der Waals surface area contributed by atoms with Gasteiger partial charge in [0.1, 0.15) is 5.60 Å². The molecule has 0 aromatic heterocycles. The molecule has 0 spiro atoms. The Morgan fingerprint density at radius 3 is 2.13 bits per heavy atom. The highest BCUT2D eigenvalue weighted by atomic mass is 16.5. The van der Waals surface area contributed by atoms with Gasteiger partial charge >= 0.3 is 0 Å². The zero-order valence-electron chi connectivity index (χ0n) is 9.58. The Balaban J connectivity index is 0.000000265. The van der Waals surface area contributed by atoms with Crippen molar-refractivity contribution in [2.75, 3.05) is 13.1 Å². The van der Waals surface area contributed by atoms with Gasteiger partial charge in [-0.25, -0.2) is 0 Å². The molecule has 1 aliphatic rings. The fraction of sp³-hybridized carbons (Fsp3) is 0.800. The van der Waals surface area contributed by atoms with Crippen LogP contribution in [0, 0.1) is 5.92 Å². The molecule has 0 saturated carbocycles. The average Bonchev–Trinajstić information content (AvgIpc) is 1.95. The van der Waals surface area contributed by atoms with Crippen molar-refractivity contribution in [3.05, 3.63) is 0 Å². The average molecular weight is 216 g/mol. The van der Waals surface area contributed by atoms with Gasteiger partial charge in [0.05, 0.1) is 0 Å². The van der Waals surface area contributed by atoms with Crippen LogP contribution in [0.3, 0.4) is 0 Å². The van der Waals surface area contributed by atoms with Gasteiger partial charge in [-0.05, 0) is 39.8 Å². The first kappa shape index (κ1) is 13.9. The maximum absolute atomic E-state index is 10.2. The lowest BCUT2D eigenvalue weighted by molar-refractivity contribution is -0.138. The minimum absolute atomic E-state index is 0.184. The fourth-order valence-electron chi connectivity index (χ4n) is 0.922. The van der Waals surface area contributed by atoms with Crippen molar-refractivity contribution in [2.24, 2.45) is 11.7 Å². The first-order valence-electron chi connectivity index (χ1n) is 4.95. The summed E-state index contributed by atoms with van der Waals surface area (Å²) in [7, 11) is 0. The quantitative estimate of drug-likeness (QED) is 0.653. The van der Waals surface area contributed by atoms with Crippen molar-refractivity contribution in [3.8, 4) is 0 Å². The van der Waals surface area contributed by atoms with Gasteiger partial charge in [0, 0.05) is 6.42 Å². The van der Waals surface area contributed by atoms with Gasteiger partial charge in [-0.2, -0.15) is 0 Å². The molecule has 1 fully saturated rings. The van der Waals surface area contributed by atoms with Gasteiger partial charge in [0.25, 0.3) is 6.47 Å². The predicted octanol–water partition coefficient (Wildman–Crippen LogP) is 0.0391. The molecule has 5 heteroatoms. The number of hydrogen-bond donors (Lipinski definition) is 2. The monoisotopic (exact) mass is 216 g/mol. The Morgan fingerprint density at radius 1 is 1.53 bits per heavy atom. The minimum Gasteiger partial charge on any atom is -0.462 e. The second-order valence-electron chi connectivity index (χ2n) is 4.52. The standard InChI is InChI=1S/C5H10N2O.C5H10O2/c6-5(8)1-4-2-7-3-4;1-5(2,3)7-4-6/h4,7H,1-3H2,(H2,6,8);4H,1-3H3. The highest BCUT2D eigenvalue weighted by Crippen LogP contribution is 2.06. The number of rotatable bonds is 3. The van der Waals surface area contributed by atoms with E-state index in [4.69, 9.17) is 5.73 Å². The van der Waals surface area contributed by atoms with Crippen LogP contribution in [0.15, 0.2) is 0 Å². The second-order valence-corrected chi connectivity index (χ2v) is 4.52. The van der Waals surface area contributed by atoms with E-state index in [1.54, 1.807) is 0 Å². The van der Waals surface area contributed by atoms with Crippen LogP contribution in [0.25, 0.3) is 0 Å². The molecule has 1 saturated heterocycles. The number of ether oxygens (including phenoxy) is 1. The van der Waals surface area contributed by atoms with Crippen LogP contribution in [-0.2, 0) is 14.3 Å². The molecular formula is C10H20N2O3. The number of amides is 1. The summed E-state index contributed by atoms with van der Waals surface area (Å²) in [5.74, 6) is 0.337. The van der Waals surface area contributed by atoms with Crippen LogP contribution in [0.1, 0.15) is 27.2 Å². The number of primary amides is 1. The lowest BCUT2D eigenvalue weighted by Crippen LogP contribution is -2.43. The molecule has 1 amide bonds. The van der Waals surface area contributed by atoms with E-state index in [0.29, 0.717) is 18.8 Å². The highest BCUT2D eigenvalue weighted by molar-refractivity contribution is 5.74. The van der Waals surface area contributed by atoms with Gasteiger partial charge in [-0.1, -0.05) is 0 Å². The molecule has 3 N–H and O–H groups in total. The van der Waals surface area contributed by atoms with E-state index in [9.17, 15) is 9.59 Å². The van der Waals surface area contributed by atoms with E-state index < -0.39 is 0 Å². The first-order valence-corrected chi connectivity index (χ1v) is 4.95. The molecule has 1 rings (SSSR count). The molecule has 88 valence electrons. The maximum atomic E-state index is 10.2. The summed E-state index contributed by atoms with van der Waals surface area (Å²) in [6, 6.07) is 0. The Labute approximate surface area is 90.4 Å². The van der Waals surface area contributed by atoms with Crippen LogP contribution in [-0.4, -0.2) is 31.1 Å². The Hall–Kier alpha value is -1.10. The number of hydrogen-bond acceptors (Lipinski definition) is 4. The summed E-state index contributed by atoms with van der Waals surface area (Å²) in [5.41, 5.74) is 4.62. The molecule has 0 atom stereocenters. The summed E-state index contributed by atoms with van der Waals surface area (Å²) in [6.07, 6.45) is 0.549. The first-order chi connectivity index (χ1) is 6.85. The molecule has 5 nitrogen and oxygen atoms in total. The predicted molar refractivity (Wildman–Crippen MR) is 57.1 cm³/mol. The molecule has 15 heavy (non-hydrogen) atoms. The second kappa shape index (κ2) is 6.40. The third-order valence-electron chi connectivity index (χ3n) is 1.76. The van der Waals surface area contributed by atoms with Crippen molar-refractivity contribution >= 4 is 12.4 Å². The lowest BCUT2D eigenvalue weighted by atomic mass is 9.99. The van der Waals surface area contributed by atoms with Crippen molar-refractivity contribution in [1.82, 2.24) is 5.32 Å². The number of nitrogens with two attached hydrogens (primary N) is 1. The maximum Gasteiger partial charge on any atom is 0.293 e. The fourth-order valence-corrected chi connectivity index (χ4v) is 0.922. The zero-order chi connectivity index (χ0) is 11.9. The van der Waals surface area contributed by atoms with Crippen LogP contribution >= 0.6 is 0 Å². The molecule has 0 aliphatic carbocycles. The lowest BCUT2D eigenvalue weighted by Gasteiger charge is -2.25. The number of carbonyl (C=O) groups is 2.